The standard InChI is InChI=1S/C23H26BrN3O4/c1-29-20-7-5-16(21(30-2)22(20)31-3)14-26-8-10-27(11-9-26)23(28)19-12-15-4-6-17(24)13-18(15)25-19/h4-7,12-13,25H,8-11,14H2,1-3H3. The van der Waals surface area contributed by atoms with Crippen LogP contribution >= 0.6 is 15.9 Å². The first-order valence-corrected chi connectivity index (χ1v) is 10.9. The first-order chi connectivity index (χ1) is 15.0. The molecule has 0 atom stereocenters. The normalized spacial score (nSPS) is 14.6. The molecule has 31 heavy (non-hydrogen) atoms. The van der Waals surface area contributed by atoms with E-state index in [2.05, 4.69) is 25.8 Å². The molecule has 2 aromatic carbocycles. The van der Waals surface area contributed by atoms with E-state index >= 15 is 0 Å². The van der Waals surface area contributed by atoms with Gasteiger partial charge < -0.3 is 24.1 Å². The second-order valence-corrected chi connectivity index (χ2v) is 8.39. The third-order valence-electron chi connectivity index (χ3n) is 5.65. The van der Waals surface area contributed by atoms with Gasteiger partial charge in [0.05, 0.1) is 21.3 Å². The number of nitrogens with one attached hydrogen (secondary N) is 1. The number of fused-ring (bicyclic) bond motifs is 1. The van der Waals surface area contributed by atoms with Crippen LogP contribution in [0.2, 0.25) is 0 Å². The van der Waals surface area contributed by atoms with E-state index in [4.69, 9.17) is 14.2 Å². The number of aromatic amines is 1. The summed E-state index contributed by atoms with van der Waals surface area (Å²) in [5.41, 5.74) is 2.61. The van der Waals surface area contributed by atoms with Crippen LogP contribution in [-0.4, -0.2) is 68.2 Å². The minimum absolute atomic E-state index is 0.0377. The van der Waals surface area contributed by atoms with Crippen LogP contribution in [0.3, 0.4) is 0 Å². The fourth-order valence-electron chi connectivity index (χ4n) is 4.02. The van der Waals surface area contributed by atoms with E-state index in [0.29, 0.717) is 42.6 Å². The number of aromatic nitrogens is 1. The first kappa shape index (κ1) is 21.5. The molecule has 0 bridgehead atoms. The number of amides is 1. The van der Waals surface area contributed by atoms with Crippen molar-refractivity contribution < 1.29 is 19.0 Å². The van der Waals surface area contributed by atoms with Gasteiger partial charge in [-0.1, -0.05) is 28.1 Å². The minimum atomic E-state index is 0.0377. The predicted molar refractivity (Wildman–Crippen MR) is 123 cm³/mol. The maximum absolute atomic E-state index is 13.0. The topological polar surface area (TPSA) is 67.0 Å². The van der Waals surface area contributed by atoms with Crippen molar-refractivity contribution >= 4 is 32.7 Å². The maximum atomic E-state index is 13.0. The van der Waals surface area contributed by atoms with Gasteiger partial charge in [0.2, 0.25) is 5.75 Å². The van der Waals surface area contributed by atoms with Gasteiger partial charge in [-0.3, -0.25) is 9.69 Å². The molecule has 1 aliphatic heterocycles. The molecular formula is C23H26BrN3O4. The van der Waals surface area contributed by atoms with Crippen LogP contribution in [0, 0.1) is 0 Å². The Labute approximate surface area is 190 Å². The Balaban J connectivity index is 1.42. The van der Waals surface area contributed by atoms with Gasteiger partial charge in [-0.2, -0.15) is 0 Å². The molecule has 0 aliphatic carbocycles. The van der Waals surface area contributed by atoms with Crippen LogP contribution in [0.25, 0.3) is 10.9 Å². The SMILES string of the molecule is COc1ccc(CN2CCN(C(=O)c3cc4ccc(Br)cc4[nH]3)CC2)c(OC)c1OC. The first-order valence-electron chi connectivity index (χ1n) is 10.1. The Morgan fingerprint density at radius 3 is 2.39 bits per heavy atom. The zero-order valence-corrected chi connectivity index (χ0v) is 19.5. The van der Waals surface area contributed by atoms with Crippen molar-refractivity contribution in [2.75, 3.05) is 47.5 Å². The molecule has 8 heteroatoms. The lowest BCUT2D eigenvalue weighted by molar-refractivity contribution is 0.0622. The number of piperazine rings is 1. The van der Waals surface area contributed by atoms with Gasteiger partial charge in [-0.25, -0.2) is 0 Å². The molecule has 1 fully saturated rings. The van der Waals surface area contributed by atoms with Gasteiger partial charge in [0.1, 0.15) is 5.69 Å². The van der Waals surface area contributed by atoms with Gasteiger partial charge in [0, 0.05) is 53.7 Å². The summed E-state index contributed by atoms with van der Waals surface area (Å²) in [6, 6.07) is 11.8. The van der Waals surface area contributed by atoms with E-state index in [9.17, 15) is 4.79 Å². The average Bonchev–Trinajstić information content (AvgIpc) is 3.21. The van der Waals surface area contributed by atoms with E-state index in [1.54, 1.807) is 21.3 Å². The highest BCUT2D eigenvalue weighted by atomic mass is 79.9. The number of hydrogen-bond acceptors (Lipinski definition) is 5. The summed E-state index contributed by atoms with van der Waals surface area (Å²) in [5.74, 6) is 1.96. The zero-order valence-electron chi connectivity index (χ0n) is 17.9. The third kappa shape index (κ3) is 4.36. The fraction of sp³-hybridized carbons (Fsp3) is 0.348. The summed E-state index contributed by atoms with van der Waals surface area (Å²) >= 11 is 3.47. The Bertz CT molecular complexity index is 1090. The summed E-state index contributed by atoms with van der Waals surface area (Å²) in [4.78, 5) is 20.5. The smallest absolute Gasteiger partial charge is 0.270 e. The Hall–Kier alpha value is -2.71. The molecule has 1 saturated heterocycles. The number of rotatable bonds is 6. The van der Waals surface area contributed by atoms with Crippen LogP contribution in [-0.2, 0) is 6.54 Å². The molecule has 3 aromatic rings. The Morgan fingerprint density at radius 1 is 0.968 bits per heavy atom. The highest BCUT2D eigenvalue weighted by molar-refractivity contribution is 9.10. The molecular weight excluding hydrogens is 462 g/mol. The second-order valence-electron chi connectivity index (χ2n) is 7.48. The molecule has 0 saturated carbocycles. The predicted octanol–water partition coefficient (Wildman–Crippen LogP) is 3.91. The van der Waals surface area contributed by atoms with Gasteiger partial charge >= 0.3 is 0 Å². The van der Waals surface area contributed by atoms with Crippen LogP contribution in [0.1, 0.15) is 16.1 Å². The molecule has 0 unspecified atom stereocenters. The summed E-state index contributed by atoms with van der Waals surface area (Å²) in [7, 11) is 4.85. The van der Waals surface area contributed by atoms with E-state index in [1.165, 1.54) is 0 Å². The van der Waals surface area contributed by atoms with Crippen molar-refractivity contribution in [1.29, 1.82) is 0 Å². The molecule has 1 aliphatic rings. The lowest BCUT2D eigenvalue weighted by atomic mass is 10.1. The van der Waals surface area contributed by atoms with Gasteiger partial charge in [0.15, 0.2) is 11.5 Å². The quantitative estimate of drug-likeness (QED) is 0.570. The van der Waals surface area contributed by atoms with Crippen LogP contribution in [0.4, 0.5) is 0 Å². The summed E-state index contributed by atoms with van der Waals surface area (Å²) in [6.07, 6.45) is 0. The molecule has 164 valence electrons. The van der Waals surface area contributed by atoms with Crippen molar-refractivity contribution in [3.8, 4) is 17.2 Å². The largest absolute Gasteiger partial charge is 0.493 e. The summed E-state index contributed by atoms with van der Waals surface area (Å²) in [6.45, 7) is 3.64. The van der Waals surface area contributed by atoms with Crippen molar-refractivity contribution in [3.63, 3.8) is 0 Å². The number of halogens is 1. The molecule has 0 spiro atoms. The molecule has 1 N–H and O–H groups in total. The highest BCUT2D eigenvalue weighted by Crippen LogP contribution is 2.40. The second kappa shape index (κ2) is 9.20. The van der Waals surface area contributed by atoms with Crippen molar-refractivity contribution in [3.05, 3.63) is 52.1 Å². The number of carbonyl (C=O) groups excluding carboxylic acids is 1. The van der Waals surface area contributed by atoms with Crippen molar-refractivity contribution in [2.45, 2.75) is 6.54 Å². The van der Waals surface area contributed by atoms with Crippen LogP contribution in [0.15, 0.2) is 40.9 Å². The monoisotopic (exact) mass is 487 g/mol. The number of hydrogen-bond donors (Lipinski definition) is 1. The number of carbonyl (C=O) groups is 1. The third-order valence-corrected chi connectivity index (χ3v) is 6.15. The van der Waals surface area contributed by atoms with E-state index in [0.717, 1.165) is 34.0 Å². The minimum Gasteiger partial charge on any atom is -0.493 e. The molecule has 1 amide bonds. The van der Waals surface area contributed by atoms with Gasteiger partial charge in [-0.05, 0) is 24.3 Å². The van der Waals surface area contributed by atoms with E-state index in [1.807, 2.05) is 41.3 Å². The molecule has 2 heterocycles. The molecule has 1 aromatic heterocycles. The summed E-state index contributed by atoms with van der Waals surface area (Å²) in [5, 5.41) is 1.03. The highest BCUT2D eigenvalue weighted by Gasteiger charge is 2.25. The van der Waals surface area contributed by atoms with Crippen LogP contribution < -0.4 is 14.2 Å². The lowest BCUT2D eigenvalue weighted by Gasteiger charge is -2.34. The number of nitrogens with zero attached hydrogens (tertiary/aromatic N) is 2. The number of methoxy groups -OCH3 is 3. The van der Waals surface area contributed by atoms with Crippen molar-refractivity contribution in [2.24, 2.45) is 0 Å². The molecule has 4 rings (SSSR count). The van der Waals surface area contributed by atoms with Crippen molar-refractivity contribution in [1.82, 2.24) is 14.8 Å². The summed E-state index contributed by atoms with van der Waals surface area (Å²) < 4.78 is 17.4. The number of H-pyrrole nitrogens is 1. The lowest BCUT2D eigenvalue weighted by Crippen LogP contribution is -2.48. The van der Waals surface area contributed by atoms with E-state index in [-0.39, 0.29) is 5.91 Å². The van der Waals surface area contributed by atoms with E-state index < -0.39 is 0 Å². The number of ether oxygens (including phenoxy) is 3. The number of benzene rings is 2. The molecule has 0 radical (unpaired) electrons. The molecule has 7 nitrogen and oxygen atoms in total. The Kier molecular flexibility index (Phi) is 6.38. The fourth-order valence-corrected chi connectivity index (χ4v) is 4.38. The van der Waals surface area contributed by atoms with Gasteiger partial charge in [0.25, 0.3) is 5.91 Å². The zero-order chi connectivity index (χ0) is 22.0. The maximum Gasteiger partial charge on any atom is 0.270 e. The van der Waals surface area contributed by atoms with Crippen LogP contribution in [0.5, 0.6) is 17.2 Å². The van der Waals surface area contributed by atoms with Gasteiger partial charge in [-0.15, -0.1) is 0 Å². The Morgan fingerprint density at radius 2 is 1.71 bits per heavy atom. The average molecular weight is 488 g/mol.